The van der Waals surface area contributed by atoms with Crippen molar-refractivity contribution in [3.8, 4) is 6.07 Å². The summed E-state index contributed by atoms with van der Waals surface area (Å²) in [5.74, 6) is -1.22. The summed E-state index contributed by atoms with van der Waals surface area (Å²) >= 11 is 0. The predicted molar refractivity (Wildman–Crippen MR) is 55.4 cm³/mol. The molecule has 6 heteroatoms. The zero-order valence-electron chi connectivity index (χ0n) is 9.14. The Morgan fingerprint density at radius 1 is 1.62 bits per heavy atom. The van der Waals surface area contributed by atoms with Crippen LogP contribution >= 0.6 is 0 Å². The van der Waals surface area contributed by atoms with Crippen molar-refractivity contribution in [2.75, 3.05) is 26.2 Å². The van der Waals surface area contributed by atoms with Crippen molar-refractivity contribution in [2.45, 2.75) is 6.92 Å². The molecule has 0 spiro atoms. The number of hydrogen-bond acceptors (Lipinski definition) is 4. The Morgan fingerprint density at radius 3 is 2.75 bits per heavy atom. The molecule has 0 aromatic heterocycles. The summed E-state index contributed by atoms with van der Waals surface area (Å²) in [6.07, 6.45) is 0. The number of likely N-dealkylation sites (tertiary alicyclic amines) is 1. The molecule has 1 rings (SSSR count). The van der Waals surface area contributed by atoms with Crippen molar-refractivity contribution in [1.82, 2.24) is 10.2 Å². The van der Waals surface area contributed by atoms with Gasteiger partial charge >= 0.3 is 5.97 Å². The van der Waals surface area contributed by atoms with Crippen LogP contribution in [-0.2, 0) is 9.59 Å². The first-order chi connectivity index (χ1) is 7.54. The lowest BCUT2D eigenvalue weighted by Gasteiger charge is -2.40. The van der Waals surface area contributed by atoms with Gasteiger partial charge < -0.3 is 10.4 Å². The topological polar surface area (TPSA) is 93.4 Å². The number of rotatable bonds is 5. The summed E-state index contributed by atoms with van der Waals surface area (Å²) < 4.78 is 0. The third kappa shape index (κ3) is 3.21. The van der Waals surface area contributed by atoms with Crippen LogP contribution in [0, 0.1) is 23.2 Å². The molecule has 0 bridgehead atoms. The van der Waals surface area contributed by atoms with E-state index in [9.17, 15) is 9.59 Å². The lowest BCUT2D eigenvalue weighted by molar-refractivity contribution is -0.145. The number of nitriles is 1. The average Bonchev–Trinajstić information content (AvgIpc) is 2.18. The fourth-order valence-corrected chi connectivity index (χ4v) is 1.65. The molecule has 0 aromatic carbocycles. The minimum Gasteiger partial charge on any atom is -0.481 e. The number of nitrogens with one attached hydrogen (secondary N) is 1. The fraction of sp³-hybridized carbons (Fsp3) is 0.700. The summed E-state index contributed by atoms with van der Waals surface area (Å²) in [5.41, 5.74) is 0. The molecule has 0 aliphatic carbocycles. The molecule has 6 nitrogen and oxygen atoms in total. The van der Waals surface area contributed by atoms with Crippen LogP contribution in [0.1, 0.15) is 6.92 Å². The highest BCUT2D eigenvalue weighted by Crippen LogP contribution is 2.23. The molecule has 0 saturated carbocycles. The Balaban J connectivity index is 2.19. The molecule has 88 valence electrons. The van der Waals surface area contributed by atoms with Crippen LogP contribution in [0.4, 0.5) is 0 Å². The van der Waals surface area contributed by atoms with Gasteiger partial charge in [0, 0.05) is 13.1 Å². The minimum absolute atomic E-state index is 0.0155. The Kier molecular flexibility index (Phi) is 4.26. The van der Waals surface area contributed by atoms with E-state index in [1.54, 1.807) is 6.92 Å². The Labute approximate surface area is 93.8 Å². The fourth-order valence-electron chi connectivity index (χ4n) is 1.65. The third-order valence-electron chi connectivity index (χ3n) is 2.81. The summed E-state index contributed by atoms with van der Waals surface area (Å²) in [7, 11) is 0. The molecule has 2 N–H and O–H groups in total. The van der Waals surface area contributed by atoms with Gasteiger partial charge in [0.2, 0.25) is 5.91 Å². The van der Waals surface area contributed by atoms with E-state index in [0.717, 1.165) is 0 Å². The standard InChI is InChI=1S/C10H15N3O3/c1-7(10(15)16)8-4-13(5-8)6-9(14)12-3-2-11/h7-8H,3-6H2,1H3,(H,12,14)(H,15,16). The number of nitrogens with zero attached hydrogens (tertiary/aromatic N) is 2. The van der Waals surface area contributed by atoms with E-state index in [1.165, 1.54) is 0 Å². The van der Waals surface area contributed by atoms with Crippen molar-refractivity contribution in [3.63, 3.8) is 0 Å². The first-order valence-electron chi connectivity index (χ1n) is 5.13. The molecule has 1 heterocycles. The Morgan fingerprint density at radius 2 is 2.25 bits per heavy atom. The van der Waals surface area contributed by atoms with Crippen LogP contribution in [0.2, 0.25) is 0 Å². The number of carboxylic acid groups (broad SMARTS) is 1. The highest BCUT2D eigenvalue weighted by molar-refractivity contribution is 5.78. The van der Waals surface area contributed by atoms with Crippen LogP contribution in [-0.4, -0.2) is 48.1 Å². The largest absolute Gasteiger partial charge is 0.481 e. The number of hydrogen-bond donors (Lipinski definition) is 2. The summed E-state index contributed by atoms with van der Waals surface area (Å²) in [6.45, 7) is 3.20. The van der Waals surface area contributed by atoms with Crippen molar-refractivity contribution in [1.29, 1.82) is 5.26 Å². The number of carboxylic acids is 1. The predicted octanol–water partition coefficient (Wildman–Crippen LogP) is -0.721. The molecule has 1 unspecified atom stereocenters. The van der Waals surface area contributed by atoms with Crippen LogP contribution < -0.4 is 5.32 Å². The first kappa shape index (κ1) is 12.5. The van der Waals surface area contributed by atoms with Crippen LogP contribution in [0.15, 0.2) is 0 Å². The van der Waals surface area contributed by atoms with Gasteiger partial charge in [-0.05, 0) is 5.92 Å². The SMILES string of the molecule is CC(C(=O)O)C1CN(CC(=O)NCC#N)C1. The number of carbonyl (C=O) groups is 2. The second-order valence-electron chi connectivity index (χ2n) is 4.02. The molecule has 1 fully saturated rings. The smallest absolute Gasteiger partial charge is 0.306 e. The van der Waals surface area contributed by atoms with Gasteiger partial charge in [0.1, 0.15) is 6.54 Å². The monoisotopic (exact) mass is 225 g/mol. The summed E-state index contributed by atoms with van der Waals surface area (Å²) in [6, 6.07) is 1.82. The van der Waals surface area contributed by atoms with E-state index < -0.39 is 5.97 Å². The van der Waals surface area contributed by atoms with Crippen molar-refractivity contribution in [2.24, 2.45) is 11.8 Å². The van der Waals surface area contributed by atoms with Crippen LogP contribution in [0.3, 0.4) is 0 Å². The first-order valence-corrected chi connectivity index (χ1v) is 5.13. The number of aliphatic carboxylic acids is 1. The molecular weight excluding hydrogens is 210 g/mol. The van der Waals surface area contributed by atoms with E-state index in [-0.39, 0.29) is 30.8 Å². The van der Waals surface area contributed by atoms with Gasteiger partial charge in [0.05, 0.1) is 18.5 Å². The molecule has 1 aliphatic rings. The summed E-state index contributed by atoms with van der Waals surface area (Å²) in [5, 5.41) is 19.5. The maximum Gasteiger partial charge on any atom is 0.306 e. The lowest BCUT2D eigenvalue weighted by Crippen LogP contribution is -2.53. The van der Waals surface area contributed by atoms with E-state index in [0.29, 0.717) is 13.1 Å². The van der Waals surface area contributed by atoms with Gasteiger partial charge in [-0.1, -0.05) is 6.92 Å². The average molecular weight is 225 g/mol. The lowest BCUT2D eigenvalue weighted by atomic mass is 9.87. The highest BCUT2D eigenvalue weighted by atomic mass is 16.4. The molecule has 0 aromatic rings. The van der Waals surface area contributed by atoms with E-state index >= 15 is 0 Å². The maximum atomic E-state index is 11.2. The zero-order valence-corrected chi connectivity index (χ0v) is 9.14. The molecule has 1 saturated heterocycles. The van der Waals surface area contributed by atoms with Gasteiger partial charge in [-0.15, -0.1) is 0 Å². The second-order valence-corrected chi connectivity index (χ2v) is 4.02. The molecule has 1 aliphatic heterocycles. The van der Waals surface area contributed by atoms with E-state index in [2.05, 4.69) is 5.32 Å². The van der Waals surface area contributed by atoms with Crippen molar-refractivity contribution < 1.29 is 14.7 Å². The van der Waals surface area contributed by atoms with Gasteiger partial charge in [-0.25, -0.2) is 0 Å². The van der Waals surface area contributed by atoms with Gasteiger partial charge in [-0.2, -0.15) is 5.26 Å². The zero-order chi connectivity index (χ0) is 12.1. The summed E-state index contributed by atoms with van der Waals surface area (Å²) in [4.78, 5) is 23.7. The highest BCUT2D eigenvalue weighted by Gasteiger charge is 2.35. The van der Waals surface area contributed by atoms with Gasteiger partial charge in [0.15, 0.2) is 0 Å². The molecule has 1 atom stereocenters. The Bertz CT molecular complexity index is 318. The number of amides is 1. The Hall–Kier alpha value is -1.61. The second kappa shape index (κ2) is 5.47. The molecular formula is C10H15N3O3. The molecule has 16 heavy (non-hydrogen) atoms. The quantitative estimate of drug-likeness (QED) is 0.602. The van der Waals surface area contributed by atoms with Gasteiger partial charge in [-0.3, -0.25) is 14.5 Å². The van der Waals surface area contributed by atoms with Crippen LogP contribution in [0.25, 0.3) is 0 Å². The minimum atomic E-state index is -0.793. The van der Waals surface area contributed by atoms with E-state index in [4.69, 9.17) is 10.4 Å². The van der Waals surface area contributed by atoms with E-state index in [1.807, 2.05) is 11.0 Å². The maximum absolute atomic E-state index is 11.2. The third-order valence-corrected chi connectivity index (χ3v) is 2.81. The molecule has 0 radical (unpaired) electrons. The number of carbonyl (C=O) groups excluding carboxylic acids is 1. The molecule has 1 amide bonds. The van der Waals surface area contributed by atoms with Gasteiger partial charge in [0.25, 0.3) is 0 Å². The normalized spacial score (nSPS) is 18.2. The van der Waals surface area contributed by atoms with Crippen molar-refractivity contribution >= 4 is 11.9 Å². The van der Waals surface area contributed by atoms with Crippen molar-refractivity contribution in [3.05, 3.63) is 0 Å². The van der Waals surface area contributed by atoms with Crippen LogP contribution in [0.5, 0.6) is 0 Å².